The standard InChI is InChI=1S/C12H21NO3S2/c14-18(15,16)17-2-1-13-12-10-4-8-3-9(6-10)7-11(12)5-8/h8-13H,1-7H2,(H,14,15,16). The van der Waals surface area contributed by atoms with Gasteiger partial charge in [0.25, 0.3) is 0 Å². The Labute approximate surface area is 112 Å². The van der Waals surface area contributed by atoms with Crippen molar-refractivity contribution in [2.24, 2.45) is 23.7 Å². The predicted octanol–water partition coefficient (Wildman–Crippen LogP) is 1.94. The second-order valence-electron chi connectivity index (χ2n) is 6.16. The van der Waals surface area contributed by atoms with Crippen molar-refractivity contribution in [2.45, 2.75) is 38.1 Å². The van der Waals surface area contributed by atoms with Gasteiger partial charge >= 0.3 is 9.15 Å². The maximum absolute atomic E-state index is 10.6. The lowest BCUT2D eigenvalue weighted by atomic mass is 9.54. The van der Waals surface area contributed by atoms with Crippen LogP contribution in [0.4, 0.5) is 0 Å². The van der Waals surface area contributed by atoms with Crippen LogP contribution in [0.3, 0.4) is 0 Å². The molecule has 4 rings (SSSR count). The van der Waals surface area contributed by atoms with Crippen molar-refractivity contribution in [3.05, 3.63) is 0 Å². The summed E-state index contributed by atoms with van der Waals surface area (Å²) in [5.74, 6) is 4.01. The van der Waals surface area contributed by atoms with E-state index in [-0.39, 0.29) is 0 Å². The van der Waals surface area contributed by atoms with Crippen LogP contribution in [0, 0.1) is 23.7 Å². The quantitative estimate of drug-likeness (QED) is 0.460. The Hall–Kier alpha value is 0.220. The summed E-state index contributed by atoms with van der Waals surface area (Å²) in [5.41, 5.74) is 0. The molecule has 0 spiro atoms. The first-order chi connectivity index (χ1) is 8.51. The van der Waals surface area contributed by atoms with Crippen LogP contribution >= 0.6 is 10.8 Å². The van der Waals surface area contributed by atoms with Crippen molar-refractivity contribution >= 4 is 19.9 Å². The van der Waals surface area contributed by atoms with E-state index in [2.05, 4.69) is 5.32 Å². The van der Waals surface area contributed by atoms with E-state index in [0.29, 0.717) is 29.1 Å². The van der Waals surface area contributed by atoms with Gasteiger partial charge in [-0.1, -0.05) is 0 Å². The lowest BCUT2D eigenvalue weighted by molar-refractivity contribution is -0.0128. The van der Waals surface area contributed by atoms with Crippen molar-refractivity contribution in [3.8, 4) is 0 Å². The summed E-state index contributed by atoms with van der Waals surface area (Å²) in [4.78, 5) is 0. The van der Waals surface area contributed by atoms with Crippen LogP contribution in [-0.4, -0.2) is 31.3 Å². The first-order valence-electron chi connectivity index (χ1n) is 6.86. The highest BCUT2D eigenvalue weighted by Crippen LogP contribution is 2.53. The summed E-state index contributed by atoms with van der Waals surface area (Å²) < 4.78 is 29.9. The second-order valence-corrected chi connectivity index (χ2v) is 9.63. The van der Waals surface area contributed by atoms with Gasteiger partial charge in [-0.05, 0) is 66.6 Å². The molecule has 4 aliphatic rings. The lowest BCUT2D eigenvalue weighted by Crippen LogP contribution is -2.54. The van der Waals surface area contributed by atoms with E-state index in [4.69, 9.17) is 4.55 Å². The maximum Gasteiger partial charge on any atom is 0.319 e. The number of hydrogen-bond acceptors (Lipinski definition) is 4. The normalized spacial score (nSPS) is 42.4. The molecule has 0 radical (unpaired) electrons. The molecule has 6 heteroatoms. The van der Waals surface area contributed by atoms with Crippen LogP contribution in [0.25, 0.3) is 0 Å². The van der Waals surface area contributed by atoms with Crippen LogP contribution in [-0.2, 0) is 9.15 Å². The van der Waals surface area contributed by atoms with E-state index < -0.39 is 9.15 Å². The van der Waals surface area contributed by atoms with Crippen LogP contribution in [0.2, 0.25) is 0 Å². The molecule has 18 heavy (non-hydrogen) atoms. The van der Waals surface area contributed by atoms with E-state index in [1.807, 2.05) is 0 Å². The van der Waals surface area contributed by atoms with Crippen LogP contribution < -0.4 is 5.32 Å². The highest BCUT2D eigenvalue weighted by Gasteiger charge is 2.47. The monoisotopic (exact) mass is 291 g/mol. The molecule has 0 aliphatic heterocycles. The van der Waals surface area contributed by atoms with Gasteiger partial charge in [-0.15, -0.1) is 0 Å². The predicted molar refractivity (Wildman–Crippen MR) is 72.8 cm³/mol. The SMILES string of the molecule is O=S(=O)(O)SCCNC1C2CC3CC(C2)CC1C3. The summed E-state index contributed by atoms with van der Waals surface area (Å²) in [5, 5.41) is 3.54. The van der Waals surface area contributed by atoms with Crippen molar-refractivity contribution in [3.63, 3.8) is 0 Å². The molecule has 0 aromatic carbocycles. The molecule has 0 amide bonds. The van der Waals surface area contributed by atoms with E-state index in [0.717, 1.165) is 23.7 Å². The third kappa shape index (κ3) is 2.86. The first kappa shape index (κ1) is 13.2. The van der Waals surface area contributed by atoms with Crippen LogP contribution in [0.15, 0.2) is 0 Å². The molecule has 4 aliphatic carbocycles. The van der Waals surface area contributed by atoms with Gasteiger partial charge in [0.2, 0.25) is 0 Å². The van der Waals surface area contributed by atoms with Gasteiger partial charge in [-0.2, -0.15) is 8.42 Å². The zero-order valence-electron chi connectivity index (χ0n) is 10.4. The lowest BCUT2D eigenvalue weighted by Gasteiger charge is -2.54. The van der Waals surface area contributed by atoms with Gasteiger partial charge < -0.3 is 5.32 Å². The molecule has 0 aromatic rings. The van der Waals surface area contributed by atoms with Gasteiger partial charge in [-0.25, -0.2) is 0 Å². The zero-order valence-corrected chi connectivity index (χ0v) is 12.0. The van der Waals surface area contributed by atoms with Crippen molar-refractivity contribution < 1.29 is 13.0 Å². The van der Waals surface area contributed by atoms with Gasteiger partial charge in [0, 0.05) is 18.3 Å². The van der Waals surface area contributed by atoms with Gasteiger partial charge in [0.1, 0.15) is 0 Å². The first-order valence-corrected chi connectivity index (χ1v) is 9.81. The molecule has 0 unspecified atom stereocenters. The molecule has 0 atom stereocenters. The summed E-state index contributed by atoms with van der Waals surface area (Å²) in [6.45, 7) is 0.678. The Kier molecular flexibility index (Phi) is 3.64. The molecule has 2 N–H and O–H groups in total. The molecule has 4 nitrogen and oxygen atoms in total. The molecule has 4 saturated carbocycles. The summed E-state index contributed by atoms with van der Waals surface area (Å²) in [6, 6.07) is 0.597. The van der Waals surface area contributed by atoms with E-state index >= 15 is 0 Å². The van der Waals surface area contributed by atoms with Gasteiger partial charge in [0.15, 0.2) is 0 Å². The number of nitrogens with one attached hydrogen (secondary N) is 1. The van der Waals surface area contributed by atoms with Gasteiger partial charge in [0.05, 0.1) is 0 Å². The zero-order chi connectivity index (χ0) is 12.8. The topological polar surface area (TPSA) is 66.4 Å². The molecular formula is C12H21NO3S2. The molecule has 0 heterocycles. The summed E-state index contributed by atoms with van der Waals surface area (Å²) in [7, 11) is -3.25. The fourth-order valence-corrected chi connectivity index (χ4v) is 5.92. The third-order valence-electron chi connectivity index (χ3n) is 4.94. The largest absolute Gasteiger partial charge is 0.319 e. The number of hydrogen-bond donors (Lipinski definition) is 2. The van der Waals surface area contributed by atoms with Gasteiger partial charge in [-0.3, -0.25) is 4.55 Å². The van der Waals surface area contributed by atoms with E-state index in [1.54, 1.807) is 0 Å². The second kappa shape index (κ2) is 4.96. The smallest absolute Gasteiger partial charge is 0.313 e. The highest BCUT2D eigenvalue weighted by atomic mass is 33.1. The van der Waals surface area contributed by atoms with Crippen molar-refractivity contribution in [1.82, 2.24) is 5.32 Å². The molecule has 4 bridgehead atoms. The van der Waals surface area contributed by atoms with E-state index in [9.17, 15) is 8.42 Å². The fourth-order valence-electron chi connectivity index (χ4n) is 4.63. The minimum Gasteiger partial charge on any atom is -0.313 e. The van der Waals surface area contributed by atoms with Crippen molar-refractivity contribution in [1.29, 1.82) is 0 Å². The average Bonchev–Trinajstić information content (AvgIpc) is 2.24. The molecule has 104 valence electrons. The molecule has 0 aromatic heterocycles. The maximum atomic E-state index is 10.6. The van der Waals surface area contributed by atoms with Crippen LogP contribution in [0.5, 0.6) is 0 Å². The Morgan fingerprint density at radius 2 is 1.61 bits per heavy atom. The molecule has 0 saturated heterocycles. The third-order valence-corrected chi connectivity index (χ3v) is 7.00. The van der Waals surface area contributed by atoms with Crippen molar-refractivity contribution in [2.75, 3.05) is 12.3 Å². The minimum absolute atomic E-state index is 0.432. The summed E-state index contributed by atoms with van der Waals surface area (Å²) in [6.07, 6.45) is 6.94. The van der Waals surface area contributed by atoms with E-state index in [1.165, 1.54) is 32.1 Å². The summed E-state index contributed by atoms with van der Waals surface area (Å²) >= 11 is 0. The molecular weight excluding hydrogens is 270 g/mol. The minimum atomic E-state index is -3.87. The number of rotatable bonds is 5. The highest BCUT2D eigenvalue weighted by molar-refractivity contribution is 8.69. The fraction of sp³-hybridized carbons (Fsp3) is 1.00. The Morgan fingerprint density at radius 3 is 2.11 bits per heavy atom. The van der Waals surface area contributed by atoms with Crippen LogP contribution in [0.1, 0.15) is 32.1 Å². The Morgan fingerprint density at radius 1 is 1.06 bits per heavy atom. The average molecular weight is 291 g/mol. The Bertz CT molecular complexity index is 382. The molecule has 4 fully saturated rings. The Balaban J connectivity index is 1.49.